The molecular weight excluding hydrogens is 352 g/mol. The van der Waals surface area contributed by atoms with Crippen LogP contribution in [0, 0.1) is 22.7 Å². The lowest BCUT2D eigenvalue weighted by atomic mass is 9.46. The Morgan fingerprint density at radius 3 is 2.50 bits per heavy atom. The Labute approximate surface area is 170 Å². The molecule has 2 rings (SSSR count). The molecule has 0 aromatic heterocycles. The van der Waals surface area contributed by atoms with Crippen molar-refractivity contribution in [1.82, 2.24) is 0 Å². The zero-order valence-electron chi connectivity index (χ0n) is 18.4. The Bertz CT molecular complexity index is 635. The van der Waals surface area contributed by atoms with Crippen LogP contribution in [0.3, 0.4) is 0 Å². The Kier molecular flexibility index (Phi) is 7.52. The van der Waals surface area contributed by atoms with Crippen molar-refractivity contribution < 1.29 is 19.1 Å². The number of fused-ring (bicyclic) bond motifs is 1. The van der Waals surface area contributed by atoms with Crippen molar-refractivity contribution in [1.29, 1.82) is 0 Å². The van der Waals surface area contributed by atoms with E-state index in [0.29, 0.717) is 24.9 Å². The summed E-state index contributed by atoms with van der Waals surface area (Å²) in [7, 11) is 0. The molecule has 2 fully saturated rings. The van der Waals surface area contributed by atoms with Crippen molar-refractivity contribution in [2.24, 2.45) is 22.7 Å². The average molecular weight is 391 g/mol. The van der Waals surface area contributed by atoms with Crippen LogP contribution in [0.1, 0.15) is 79.6 Å². The maximum Gasteiger partial charge on any atom is 0.302 e. The van der Waals surface area contributed by atoms with Gasteiger partial charge in [-0.1, -0.05) is 39.0 Å². The highest BCUT2D eigenvalue weighted by Gasteiger charge is 2.53. The van der Waals surface area contributed by atoms with Crippen molar-refractivity contribution in [3.05, 3.63) is 23.8 Å². The van der Waals surface area contributed by atoms with Crippen molar-refractivity contribution in [3.8, 4) is 0 Å². The maximum absolute atomic E-state index is 11.3. The zero-order chi connectivity index (χ0) is 20.9. The number of allylic oxidation sites excluding steroid dienone is 2. The third-order valence-electron chi connectivity index (χ3n) is 7.59. The predicted molar refractivity (Wildman–Crippen MR) is 112 cm³/mol. The van der Waals surface area contributed by atoms with E-state index >= 15 is 0 Å². The minimum absolute atomic E-state index is 0.194. The van der Waals surface area contributed by atoms with Crippen LogP contribution in [0.4, 0.5) is 0 Å². The van der Waals surface area contributed by atoms with Gasteiger partial charge in [0.25, 0.3) is 0 Å². The molecule has 0 aromatic rings. The number of carbonyl (C=O) groups is 2. The molecule has 0 heterocycles. The topological polar surface area (TPSA) is 52.6 Å². The predicted octanol–water partition coefficient (Wildman–Crippen LogP) is 5.62. The van der Waals surface area contributed by atoms with E-state index in [1.165, 1.54) is 45.1 Å². The second-order valence-corrected chi connectivity index (χ2v) is 9.35. The summed E-state index contributed by atoms with van der Waals surface area (Å²) in [5.74, 6) is 0.698. The highest BCUT2D eigenvalue weighted by Crippen LogP contribution is 2.62. The van der Waals surface area contributed by atoms with Gasteiger partial charge in [0.05, 0.1) is 6.61 Å². The molecule has 2 aliphatic rings. The van der Waals surface area contributed by atoms with Crippen LogP contribution < -0.4 is 0 Å². The van der Waals surface area contributed by atoms with E-state index in [9.17, 15) is 9.59 Å². The first-order valence-corrected chi connectivity index (χ1v) is 10.7. The van der Waals surface area contributed by atoms with Crippen LogP contribution >= 0.6 is 0 Å². The van der Waals surface area contributed by atoms with Gasteiger partial charge < -0.3 is 9.47 Å². The third-order valence-corrected chi connectivity index (χ3v) is 7.59. The molecule has 0 aromatic carbocycles. The van der Waals surface area contributed by atoms with Crippen LogP contribution in [0.2, 0.25) is 0 Å². The Morgan fingerprint density at radius 2 is 1.86 bits per heavy atom. The third kappa shape index (κ3) is 5.07. The van der Waals surface area contributed by atoms with E-state index in [4.69, 9.17) is 9.47 Å². The minimum Gasteiger partial charge on any atom is -0.466 e. The van der Waals surface area contributed by atoms with Gasteiger partial charge in [-0.3, -0.25) is 9.59 Å². The molecule has 0 unspecified atom stereocenters. The van der Waals surface area contributed by atoms with Crippen LogP contribution in [-0.2, 0) is 19.1 Å². The molecule has 4 atom stereocenters. The van der Waals surface area contributed by atoms with Gasteiger partial charge in [-0.05, 0) is 66.8 Å². The number of rotatable bonds is 7. The molecule has 0 aliphatic heterocycles. The normalized spacial score (nSPS) is 33.2. The van der Waals surface area contributed by atoms with E-state index in [1.807, 2.05) is 0 Å². The summed E-state index contributed by atoms with van der Waals surface area (Å²) < 4.78 is 10.3. The highest BCUT2D eigenvalue weighted by atomic mass is 16.5. The van der Waals surface area contributed by atoms with E-state index in [2.05, 4.69) is 33.4 Å². The van der Waals surface area contributed by atoms with Crippen molar-refractivity contribution in [3.63, 3.8) is 0 Å². The van der Waals surface area contributed by atoms with Crippen molar-refractivity contribution >= 4 is 11.9 Å². The van der Waals surface area contributed by atoms with Gasteiger partial charge in [-0.15, -0.1) is 0 Å². The van der Waals surface area contributed by atoms with Gasteiger partial charge in [-0.2, -0.15) is 0 Å². The van der Waals surface area contributed by atoms with E-state index in [0.717, 1.165) is 18.4 Å². The van der Waals surface area contributed by atoms with Gasteiger partial charge in [0.15, 0.2) is 0 Å². The largest absolute Gasteiger partial charge is 0.466 e. The lowest BCUT2D eigenvalue weighted by Gasteiger charge is -2.58. The van der Waals surface area contributed by atoms with Crippen molar-refractivity contribution in [2.75, 3.05) is 13.2 Å². The van der Waals surface area contributed by atoms with Crippen LogP contribution in [0.5, 0.6) is 0 Å². The number of hydrogen-bond donors (Lipinski definition) is 0. The van der Waals surface area contributed by atoms with Crippen LogP contribution in [0.15, 0.2) is 23.8 Å². The second-order valence-electron chi connectivity index (χ2n) is 9.35. The van der Waals surface area contributed by atoms with Gasteiger partial charge in [0, 0.05) is 20.3 Å². The van der Waals surface area contributed by atoms with Crippen molar-refractivity contribution in [2.45, 2.75) is 79.6 Å². The number of hydrogen-bond acceptors (Lipinski definition) is 4. The SMILES string of the molecule is C=C1CCC[C@@H]2[C@@](C)(C/C=C(\CCOC(C)=O)COC(C)=O)[C@H](C)CC[C@@]12C. The first-order chi connectivity index (χ1) is 13.1. The summed E-state index contributed by atoms with van der Waals surface area (Å²) in [5, 5.41) is 0. The van der Waals surface area contributed by atoms with E-state index in [1.54, 1.807) is 0 Å². The maximum atomic E-state index is 11.3. The van der Waals surface area contributed by atoms with Gasteiger partial charge in [0.2, 0.25) is 0 Å². The summed E-state index contributed by atoms with van der Waals surface area (Å²) in [6, 6.07) is 0. The highest BCUT2D eigenvalue weighted by molar-refractivity contribution is 5.66. The fraction of sp³-hybridized carbons (Fsp3) is 0.750. The Morgan fingerprint density at radius 1 is 1.18 bits per heavy atom. The molecule has 0 N–H and O–H groups in total. The zero-order valence-corrected chi connectivity index (χ0v) is 18.4. The van der Waals surface area contributed by atoms with E-state index in [-0.39, 0.29) is 29.4 Å². The molecule has 0 amide bonds. The summed E-state index contributed by atoms with van der Waals surface area (Å²) in [6.45, 7) is 15.1. The lowest BCUT2D eigenvalue weighted by Crippen LogP contribution is -2.50. The van der Waals surface area contributed by atoms with E-state index < -0.39 is 0 Å². The first-order valence-electron chi connectivity index (χ1n) is 10.7. The molecule has 0 spiro atoms. The minimum atomic E-state index is -0.285. The molecule has 0 saturated heterocycles. The molecular formula is C24H38O4. The van der Waals surface area contributed by atoms with Gasteiger partial charge in [-0.25, -0.2) is 0 Å². The smallest absolute Gasteiger partial charge is 0.302 e. The summed E-state index contributed by atoms with van der Waals surface area (Å²) in [5.41, 5.74) is 2.90. The Hall–Kier alpha value is -1.58. The van der Waals surface area contributed by atoms with Crippen LogP contribution in [0.25, 0.3) is 0 Å². The standard InChI is InChI=1S/C24H38O4/c1-17-8-7-9-22-23(17,5)13-10-18(2)24(22,6)14-11-21(16-28-20(4)26)12-15-27-19(3)25/h11,18,22H,1,7-10,12-16H2,2-6H3/b21-11+/t18-,22+,23+,24+/m1/s1. The molecule has 2 saturated carbocycles. The number of esters is 2. The summed E-state index contributed by atoms with van der Waals surface area (Å²) in [4.78, 5) is 22.4. The number of carbonyl (C=O) groups excluding carboxylic acids is 2. The summed E-state index contributed by atoms with van der Waals surface area (Å²) >= 11 is 0. The Balaban J connectivity index is 2.19. The van der Waals surface area contributed by atoms with Gasteiger partial charge >= 0.3 is 11.9 Å². The summed E-state index contributed by atoms with van der Waals surface area (Å²) in [6.07, 6.45) is 9.92. The molecule has 4 heteroatoms. The number of ether oxygens (including phenoxy) is 2. The molecule has 0 bridgehead atoms. The first kappa shape index (κ1) is 22.7. The molecule has 0 radical (unpaired) electrons. The molecule has 4 nitrogen and oxygen atoms in total. The molecule has 158 valence electrons. The fourth-order valence-electron chi connectivity index (χ4n) is 5.43. The van der Waals surface area contributed by atoms with Crippen LogP contribution in [-0.4, -0.2) is 25.2 Å². The average Bonchev–Trinajstić information content (AvgIpc) is 2.62. The molecule has 28 heavy (non-hydrogen) atoms. The van der Waals surface area contributed by atoms with Gasteiger partial charge in [0.1, 0.15) is 6.61 Å². The second kappa shape index (κ2) is 9.28. The fourth-order valence-corrected chi connectivity index (χ4v) is 5.43. The monoisotopic (exact) mass is 390 g/mol. The quantitative estimate of drug-likeness (QED) is 0.418. The molecule has 2 aliphatic carbocycles. The lowest BCUT2D eigenvalue weighted by molar-refractivity contribution is -0.142.